The van der Waals surface area contributed by atoms with Gasteiger partial charge in [0, 0.05) is 45.8 Å². The molecule has 2 heterocycles. The van der Waals surface area contributed by atoms with Crippen LogP contribution in [-0.2, 0) is 4.74 Å². The molecule has 2 fully saturated rings. The molecule has 108 valence electrons. The second-order valence-corrected chi connectivity index (χ2v) is 5.45. The fourth-order valence-electron chi connectivity index (χ4n) is 2.39. The number of allylic oxidation sites excluding steroid dienone is 1. The Morgan fingerprint density at radius 1 is 1.00 bits per heavy atom. The highest BCUT2D eigenvalue weighted by molar-refractivity contribution is 5.74. The van der Waals surface area contributed by atoms with Crippen LogP contribution < -0.4 is 0 Å². The average Bonchev–Trinajstić information content (AvgIpc) is 2.46. The zero-order valence-corrected chi connectivity index (χ0v) is 12.1. The lowest BCUT2D eigenvalue weighted by atomic mass is 10.2. The van der Waals surface area contributed by atoms with Crippen molar-refractivity contribution in [1.29, 1.82) is 0 Å². The summed E-state index contributed by atoms with van der Waals surface area (Å²) in [6.07, 6.45) is 2.25. The smallest absolute Gasteiger partial charge is 0.320 e. The van der Waals surface area contributed by atoms with Gasteiger partial charge in [0.25, 0.3) is 0 Å². The Hall–Kier alpha value is -1.07. The molecule has 0 spiro atoms. The van der Waals surface area contributed by atoms with Crippen molar-refractivity contribution in [2.75, 3.05) is 59.0 Å². The van der Waals surface area contributed by atoms with Crippen molar-refractivity contribution in [3.8, 4) is 0 Å². The highest BCUT2D eigenvalue weighted by Gasteiger charge is 2.25. The third kappa shape index (κ3) is 4.21. The molecule has 19 heavy (non-hydrogen) atoms. The molecule has 0 atom stereocenters. The third-order valence-electron chi connectivity index (χ3n) is 3.68. The predicted octanol–water partition coefficient (Wildman–Crippen LogP) is 1.02. The second kappa shape index (κ2) is 6.91. The Kier molecular flexibility index (Phi) is 5.22. The molecule has 5 nitrogen and oxygen atoms in total. The number of piperazine rings is 1. The summed E-state index contributed by atoms with van der Waals surface area (Å²) in [6, 6.07) is 0.185. The number of carbonyl (C=O) groups is 1. The van der Waals surface area contributed by atoms with E-state index in [1.807, 2.05) is 9.80 Å². The molecule has 0 bridgehead atoms. The molecule has 0 aromatic rings. The molecule has 2 aliphatic heterocycles. The van der Waals surface area contributed by atoms with E-state index in [9.17, 15) is 4.79 Å². The van der Waals surface area contributed by atoms with Crippen LogP contribution >= 0.6 is 0 Å². The molecular formula is C14H25N3O2. The SMILES string of the molecule is CC(C)=CCN1CCN(C(=O)N2CCOCC2)CC1. The summed E-state index contributed by atoms with van der Waals surface area (Å²) >= 11 is 0. The molecule has 0 aromatic carbocycles. The molecule has 2 amide bonds. The Bertz CT molecular complexity index is 326. The second-order valence-electron chi connectivity index (χ2n) is 5.45. The molecule has 2 saturated heterocycles. The molecule has 5 heteroatoms. The van der Waals surface area contributed by atoms with Crippen molar-refractivity contribution in [2.24, 2.45) is 0 Å². The number of amides is 2. The van der Waals surface area contributed by atoms with E-state index < -0.39 is 0 Å². The number of morpholine rings is 1. The van der Waals surface area contributed by atoms with Crippen LogP contribution in [0.25, 0.3) is 0 Å². The van der Waals surface area contributed by atoms with Crippen molar-refractivity contribution in [3.63, 3.8) is 0 Å². The number of urea groups is 1. The normalized spacial score (nSPS) is 21.4. The minimum Gasteiger partial charge on any atom is -0.378 e. The lowest BCUT2D eigenvalue weighted by molar-refractivity contribution is 0.0383. The molecule has 0 aliphatic carbocycles. The van der Waals surface area contributed by atoms with Gasteiger partial charge < -0.3 is 14.5 Å². The van der Waals surface area contributed by atoms with Crippen molar-refractivity contribution in [2.45, 2.75) is 13.8 Å². The first-order valence-corrected chi connectivity index (χ1v) is 7.14. The Balaban J connectivity index is 1.76. The maximum absolute atomic E-state index is 12.3. The van der Waals surface area contributed by atoms with Gasteiger partial charge in [0.05, 0.1) is 13.2 Å². The van der Waals surface area contributed by atoms with Gasteiger partial charge in [-0.1, -0.05) is 11.6 Å². The van der Waals surface area contributed by atoms with E-state index in [1.165, 1.54) is 5.57 Å². The highest BCUT2D eigenvalue weighted by atomic mass is 16.5. The number of hydrogen-bond acceptors (Lipinski definition) is 3. The van der Waals surface area contributed by atoms with Gasteiger partial charge in [0.1, 0.15) is 0 Å². The van der Waals surface area contributed by atoms with E-state index in [4.69, 9.17) is 4.74 Å². The van der Waals surface area contributed by atoms with Crippen LogP contribution in [0, 0.1) is 0 Å². The molecule has 0 aromatic heterocycles. The van der Waals surface area contributed by atoms with E-state index in [-0.39, 0.29) is 6.03 Å². The maximum atomic E-state index is 12.3. The molecule has 0 saturated carbocycles. The summed E-state index contributed by atoms with van der Waals surface area (Å²) in [7, 11) is 0. The molecule has 0 unspecified atom stereocenters. The summed E-state index contributed by atoms with van der Waals surface area (Å²) in [5, 5.41) is 0. The monoisotopic (exact) mass is 267 g/mol. The van der Waals surface area contributed by atoms with Gasteiger partial charge in [0.2, 0.25) is 0 Å². The zero-order chi connectivity index (χ0) is 13.7. The third-order valence-corrected chi connectivity index (χ3v) is 3.68. The van der Waals surface area contributed by atoms with Gasteiger partial charge in [-0.15, -0.1) is 0 Å². The van der Waals surface area contributed by atoms with E-state index >= 15 is 0 Å². The van der Waals surface area contributed by atoms with E-state index in [1.54, 1.807) is 0 Å². The number of carbonyl (C=O) groups excluding carboxylic acids is 1. The highest BCUT2D eigenvalue weighted by Crippen LogP contribution is 2.08. The Labute approximate surface area is 115 Å². The van der Waals surface area contributed by atoms with Gasteiger partial charge in [-0.2, -0.15) is 0 Å². The lowest BCUT2D eigenvalue weighted by Gasteiger charge is -2.38. The van der Waals surface area contributed by atoms with Gasteiger partial charge in [-0.3, -0.25) is 4.90 Å². The fraction of sp³-hybridized carbons (Fsp3) is 0.786. The largest absolute Gasteiger partial charge is 0.378 e. The first-order chi connectivity index (χ1) is 9.16. The van der Waals surface area contributed by atoms with Crippen molar-refractivity contribution < 1.29 is 9.53 Å². The number of rotatable bonds is 2. The van der Waals surface area contributed by atoms with Crippen LogP contribution in [0.2, 0.25) is 0 Å². The summed E-state index contributed by atoms with van der Waals surface area (Å²) in [5.74, 6) is 0. The predicted molar refractivity (Wildman–Crippen MR) is 75.2 cm³/mol. The minimum atomic E-state index is 0.185. The number of hydrogen-bond donors (Lipinski definition) is 0. The van der Waals surface area contributed by atoms with Crippen LogP contribution in [0.1, 0.15) is 13.8 Å². The van der Waals surface area contributed by atoms with Crippen molar-refractivity contribution in [1.82, 2.24) is 14.7 Å². The van der Waals surface area contributed by atoms with Crippen molar-refractivity contribution >= 4 is 6.03 Å². The first-order valence-electron chi connectivity index (χ1n) is 7.14. The Morgan fingerprint density at radius 2 is 1.58 bits per heavy atom. The van der Waals surface area contributed by atoms with Crippen molar-refractivity contribution in [3.05, 3.63) is 11.6 Å². The lowest BCUT2D eigenvalue weighted by Crippen LogP contribution is -2.54. The summed E-state index contributed by atoms with van der Waals surface area (Å²) in [6.45, 7) is 11.7. The molecule has 2 rings (SSSR count). The topological polar surface area (TPSA) is 36.0 Å². The van der Waals surface area contributed by atoms with Gasteiger partial charge in [-0.05, 0) is 13.8 Å². The maximum Gasteiger partial charge on any atom is 0.320 e. The average molecular weight is 267 g/mol. The van der Waals surface area contributed by atoms with Gasteiger partial charge in [-0.25, -0.2) is 4.79 Å². The minimum absolute atomic E-state index is 0.185. The number of ether oxygens (including phenoxy) is 1. The zero-order valence-electron chi connectivity index (χ0n) is 12.1. The van der Waals surface area contributed by atoms with Gasteiger partial charge in [0.15, 0.2) is 0 Å². The van der Waals surface area contributed by atoms with Crippen LogP contribution in [0.5, 0.6) is 0 Å². The fourth-order valence-corrected chi connectivity index (χ4v) is 2.39. The first kappa shape index (κ1) is 14.3. The molecular weight excluding hydrogens is 242 g/mol. The van der Waals surface area contributed by atoms with E-state index in [0.29, 0.717) is 13.2 Å². The molecule has 0 N–H and O–H groups in total. The number of nitrogens with zero attached hydrogens (tertiary/aromatic N) is 3. The summed E-state index contributed by atoms with van der Waals surface area (Å²) in [5.41, 5.74) is 1.35. The molecule has 2 aliphatic rings. The van der Waals surface area contributed by atoms with Crippen LogP contribution in [0.4, 0.5) is 4.79 Å². The quantitative estimate of drug-likeness (QED) is 0.701. The Morgan fingerprint density at radius 3 is 2.16 bits per heavy atom. The van der Waals surface area contributed by atoms with E-state index in [2.05, 4.69) is 24.8 Å². The molecule has 0 radical (unpaired) electrons. The summed E-state index contributed by atoms with van der Waals surface area (Å²) < 4.78 is 5.28. The van der Waals surface area contributed by atoms with Gasteiger partial charge >= 0.3 is 6.03 Å². The van der Waals surface area contributed by atoms with Crippen LogP contribution in [-0.4, -0.2) is 79.8 Å². The van der Waals surface area contributed by atoms with Crippen LogP contribution in [0.3, 0.4) is 0 Å². The standard InChI is InChI=1S/C14H25N3O2/c1-13(2)3-4-15-5-7-16(8-6-15)14(18)17-9-11-19-12-10-17/h3H,4-12H2,1-2H3. The van der Waals surface area contributed by atoms with E-state index in [0.717, 1.165) is 45.8 Å². The summed E-state index contributed by atoms with van der Waals surface area (Å²) in [4.78, 5) is 18.6. The van der Waals surface area contributed by atoms with Crippen LogP contribution in [0.15, 0.2) is 11.6 Å².